The topological polar surface area (TPSA) is 119 Å². The number of nitrogens with one attached hydrogen (secondary N) is 4. The summed E-state index contributed by atoms with van der Waals surface area (Å²) in [4.78, 5) is 25.6. The molecule has 10 nitrogen and oxygen atoms in total. The van der Waals surface area contributed by atoms with Crippen LogP contribution < -0.4 is 30.7 Å². The zero-order valence-corrected chi connectivity index (χ0v) is 25.5. The van der Waals surface area contributed by atoms with E-state index in [4.69, 9.17) is 43.4 Å². The van der Waals surface area contributed by atoms with E-state index in [-0.39, 0.29) is 26.4 Å². The summed E-state index contributed by atoms with van der Waals surface area (Å²) in [5, 5.41) is 13.1. The Morgan fingerprint density at radius 2 is 1.07 bits per heavy atom. The molecule has 0 spiro atoms. The average molecular weight is 611 g/mol. The minimum atomic E-state index is -0.554. The summed E-state index contributed by atoms with van der Waals surface area (Å²) in [7, 11) is 0. The molecule has 2 atom stereocenters. The molecule has 42 heavy (non-hydrogen) atoms. The lowest BCUT2D eigenvalue weighted by atomic mass is 9.95. The molecule has 0 bridgehead atoms. The second-order valence-electron chi connectivity index (χ2n) is 9.35. The number of allylic oxidation sites excluding steroid dienone is 2. The van der Waals surface area contributed by atoms with Crippen LogP contribution in [0.1, 0.15) is 50.9 Å². The van der Waals surface area contributed by atoms with Crippen LogP contribution in [0.4, 0.5) is 0 Å². The average Bonchev–Trinajstić information content (AvgIpc) is 2.95. The third-order valence-corrected chi connectivity index (χ3v) is 7.03. The summed E-state index contributed by atoms with van der Waals surface area (Å²) >= 11 is 10.7. The molecule has 4 N–H and O–H groups in total. The minimum absolute atomic E-state index is 0.204. The van der Waals surface area contributed by atoms with Crippen LogP contribution in [0.5, 0.6) is 11.5 Å². The number of benzene rings is 2. The van der Waals surface area contributed by atoms with Crippen LogP contribution in [0.25, 0.3) is 0 Å². The lowest BCUT2D eigenvalue weighted by Gasteiger charge is -2.31. The second kappa shape index (κ2) is 14.1. The molecule has 2 aliphatic rings. The summed E-state index contributed by atoms with van der Waals surface area (Å²) in [6, 6.07) is 13.7. The van der Waals surface area contributed by atoms with Crippen LogP contribution >= 0.6 is 24.4 Å². The highest BCUT2D eigenvalue weighted by molar-refractivity contribution is 7.80. The van der Waals surface area contributed by atoms with Crippen molar-refractivity contribution in [2.45, 2.75) is 39.8 Å². The Bertz CT molecular complexity index is 1330. The van der Waals surface area contributed by atoms with Gasteiger partial charge in [0.05, 0.1) is 36.4 Å². The standard InChI is InChI=1S/C30H34N4O6S2/c1-5-37-27(35)23-17(3)31-29(41)33-25(23)19-11-7-9-13-21(19)39-15-16-40-22-14-10-8-12-20(22)26-24(28(36)38-6-2)18(4)32-30(42)34-26/h7-14,25-26H,5-6,15-16H2,1-4H3,(H2,31,33,41)(H2,32,34,42). The molecule has 222 valence electrons. The molecular formula is C30H34N4O6S2. The molecule has 4 rings (SSSR count). The maximum absolute atomic E-state index is 12.8. The molecule has 0 radical (unpaired) electrons. The number of esters is 2. The van der Waals surface area contributed by atoms with E-state index in [1.165, 1.54) is 0 Å². The molecule has 2 heterocycles. The van der Waals surface area contributed by atoms with Crippen molar-refractivity contribution in [2.24, 2.45) is 0 Å². The van der Waals surface area contributed by atoms with E-state index < -0.39 is 24.0 Å². The van der Waals surface area contributed by atoms with Gasteiger partial charge in [0.1, 0.15) is 24.7 Å². The highest BCUT2D eigenvalue weighted by Gasteiger charge is 2.34. The molecule has 0 aliphatic carbocycles. The van der Waals surface area contributed by atoms with E-state index in [1.54, 1.807) is 27.7 Å². The van der Waals surface area contributed by atoms with E-state index in [9.17, 15) is 9.59 Å². The molecule has 2 aromatic rings. The summed E-state index contributed by atoms with van der Waals surface area (Å²) in [6.45, 7) is 8.00. The van der Waals surface area contributed by atoms with Crippen LogP contribution in [-0.4, -0.2) is 48.6 Å². The smallest absolute Gasteiger partial charge is 0.338 e. The number of ether oxygens (including phenoxy) is 4. The Balaban J connectivity index is 1.51. The van der Waals surface area contributed by atoms with Crippen molar-refractivity contribution in [2.75, 3.05) is 26.4 Å². The van der Waals surface area contributed by atoms with Crippen molar-refractivity contribution in [1.29, 1.82) is 0 Å². The molecule has 12 heteroatoms. The largest absolute Gasteiger partial charge is 0.490 e. The van der Waals surface area contributed by atoms with Gasteiger partial charge < -0.3 is 40.2 Å². The van der Waals surface area contributed by atoms with E-state index in [0.29, 0.717) is 44.3 Å². The first-order valence-electron chi connectivity index (χ1n) is 13.6. The second-order valence-corrected chi connectivity index (χ2v) is 10.2. The third-order valence-electron chi connectivity index (χ3n) is 6.59. The van der Waals surface area contributed by atoms with Gasteiger partial charge in [-0.3, -0.25) is 0 Å². The van der Waals surface area contributed by atoms with E-state index >= 15 is 0 Å². The van der Waals surface area contributed by atoms with E-state index in [1.807, 2.05) is 48.5 Å². The Hall–Kier alpha value is -4.16. The first-order valence-corrected chi connectivity index (χ1v) is 14.4. The molecule has 0 fully saturated rings. The van der Waals surface area contributed by atoms with Gasteiger partial charge in [0, 0.05) is 22.5 Å². The maximum atomic E-state index is 12.8. The Kier molecular flexibility index (Phi) is 10.4. The number of rotatable bonds is 11. The fraction of sp³-hybridized carbons (Fsp3) is 0.333. The molecule has 0 aromatic heterocycles. The van der Waals surface area contributed by atoms with E-state index in [2.05, 4.69) is 21.3 Å². The zero-order chi connectivity index (χ0) is 30.2. The number of thiocarbonyl (C=S) groups is 2. The van der Waals surface area contributed by atoms with E-state index in [0.717, 1.165) is 11.1 Å². The Morgan fingerprint density at radius 1 is 0.690 bits per heavy atom. The Morgan fingerprint density at radius 3 is 1.45 bits per heavy atom. The SMILES string of the molecule is CCOC(=O)C1=C(C)NC(=S)NC1c1ccccc1OCCOc1ccccc1C1NC(=S)NC(C)=C1C(=O)OCC. The number of para-hydroxylation sites is 2. The van der Waals surface area contributed by atoms with Crippen LogP contribution in [0.2, 0.25) is 0 Å². The molecule has 0 amide bonds. The number of hydrogen-bond donors (Lipinski definition) is 4. The Labute approximate surface area is 255 Å². The zero-order valence-electron chi connectivity index (χ0n) is 23.9. The maximum Gasteiger partial charge on any atom is 0.338 e. The lowest BCUT2D eigenvalue weighted by molar-refractivity contribution is -0.140. The molecule has 0 saturated carbocycles. The van der Waals surface area contributed by atoms with Gasteiger partial charge in [0.15, 0.2) is 10.2 Å². The van der Waals surface area contributed by atoms with Crippen LogP contribution in [-0.2, 0) is 19.1 Å². The summed E-state index contributed by atoms with van der Waals surface area (Å²) in [5.41, 5.74) is 3.57. The van der Waals surface area contributed by atoms with Crippen molar-refractivity contribution in [1.82, 2.24) is 21.3 Å². The van der Waals surface area contributed by atoms with Gasteiger partial charge in [-0.25, -0.2) is 9.59 Å². The molecule has 2 unspecified atom stereocenters. The van der Waals surface area contributed by atoms with Crippen molar-refractivity contribution >= 4 is 46.6 Å². The van der Waals surface area contributed by atoms with Crippen molar-refractivity contribution in [3.63, 3.8) is 0 Å². The summed E-state index contributed by atoms with van der Waals surface area (Å²) < 4.78 is 22.9. The van der Waals surface area contributed by atoms with Crippen molar-refractivity contribution in [3.05, 3.63) is 82.2 Å². The molecule has 2 aliphatic heterocycles. The molecular weight excluding hydrogens is 576 g/mol. The third kappa shape index (κ3) is 7.00. The fourth-order valence-electron chi connectivity index (χ4n) is 4.82. The minimum Gasteiger partial charge on any atom is -0.490 e. The van der Waals surface area contributed by atoms with Crippen molar-refractivity contribution < 1.29 is 28.5 Å². The first kappa shape index (κ1) is 30.8. The normalized spacial score (nSPS) is 18.3. The van der Waals surface area contributed by atoms with Crippen LogP contribution in [0.15, 0.2) is 71.1 Å². The monoisotopic (exact) mass is 610 g/mol. The van der Waals surface area contributed by atoms with Crippen LogP contribution in [0.3, 0.4) is 0 Å². The van der Waals surface area contributed by atoms with Crippen molar-refractivity contribution in [3.8, 4) is 11.5 Å². The fourth-order valence-corrected chi connectivity index (χ4v) is 5.36. The highest BCUT2D eigenvalue weighted by Crippen LogP contribution is 2.35. The number of carbonyl (C=O) groups excluding carboxylic acids is 2. The molecule has 0 saturated heterocycles. The predicted octanol–water partition coefficient (Wildman–Crippen LogP) is 3.86. The summed E-state index contributed by atoms with van der Waals surface area (Å²) in [5.74, 6) is 0.267. The lowest BCUT2D eigenvalue weighted by Crippen LogP contribution is -2.45. The van der Waals surface area contributed by atoms with Gasteiger partial charge in [0.25, 0.3) is 0 Å². The van der Waals surface area contributed by atoms with Crippen LogP contribution in [0, 0.1) is 0 Å². The highest BCUT2D eigenvalue weighted by atomic mass is 32.1. The first-order chi connectivity index (χ1) is 20.2. The van der Waals surface area contributed by atoms with Gasteiger partial charge in [-0.15, -0.1) is 0 Å². The van der Waals surface area contributed by atoms with Gasteiger partial charge >= 0.3 is 11.9 Å². The van der Waals surface area contributed by atoms with Gasteiger partial charge in [0.2, 0.25) is 0 Å². The molecule has 2 aromatic carbocycles. The van der Waals surface area contributed by atoms with Gasteiger partial charge in [-0.05, 0) is 64.3 Å². The number of carbonyl (C=O) groups is 2. The quantitative estimate of drug-likeness (QED) is 0.168. The summed E-state index contributed by atoms with van der Waals surface area (Å²) in [6.07, 6.45) is 0. The van der Waals surface area contributed by atoms with Gasteiger partial charge in [-0.1, -0.05) is 36.4 Å². The predicted molar refractivity (Wildman–Crippen MR) is 166 cm³/mol. The number of hydrogen-bond acceptors (Lipinski definition) is 8. The van der Waals surface area contributed by atoms with Gasteiger partial charge in [-0.2, -0.15) is 0 Å².